The molecule has 1 aliphatic carbocycles. The summed E-state index contributed by atoms with van der Waals surface area (Å²) in [5.41, 5.74) is 0. The Kier molecular flexibility index (Phi) is 3.73. The fourth-order valence-electron chi connectivity index (χ4n) is 2.35. The summed E-state index contributed by atoms with van der Waals surface area (Å²) in [6.45, 7) is 1.51. The first-order valence-corrected chi connectivity index (χ1v) is 7.56. The number of carbonyl (C=O) groups excluding carboxylic acids is 1. The van der Waals surface area contributed by atoms with E-state index in [2.05, 4.69) is 20.9 Å². The molecule has 1 aromatic rings. The van der Waals surface area contributed by atoms with Crippen LogP contribution in [0.15, 0.2) is 22.8 Å². The molecule has 2 heterocycles. The number of likely N-dealkylation sites (tertiary alicyclic amines) is 1. The predicted octanol–water partition coefficient (Wildman–Crippen LogP) is 2.62. The molecule has 3 rings (SSSR count). The lowest BCUT2D eigenvalue weighted by molar-refractivity contribution is -0.130. The summed E-state index contributed by atoms with van der Waals surface area (Å²) in [7, 11) is 0. The van der Waals surface area contributed by atoms with Crippen LogP contribution in [0.2, 0.25) is 0 Å². The summed E-state index contributed by atoms with van der Waals surface area (Å²) < 4.78 is 6.74. The second kappa shape index (κ2) is 5.49. The van der Waals surface area contributed by atoms with Crippen molar-refractivity contribution in [3.63, 3.8) is 0 Å². The molecule has 0 spiro atoms. The average Bonchev–Trinajstić information content (AvgIpc) is 3.08. The smallest absolute Gasteiger partial charge is 0.222 e. The Balaban J connectivity index is 1.50. The van der Waals surface area contributed by atoms with Crippen LogP contribution in [0, 0.1) is 5.92 Å². The van der Waals surface area contributed by atoms with E-state index in [-0.39, 0.29) is 12.0 Å². The number of nitrogens with zero attached hydrogens (tertiary/aromatic N) is 2. The van der Waals surface area contributed by atoms with E-state index in [0.29, 0.717) is 18.3 Å². The van der Waals surface area contributed by atoms with Crippen LogP contribution in [-0.2, 0) is 4.79 Å². The van der Waals surface area contributed by atoms with E-state index in [1.54, 1.807) is 6.20 Å². The first-order valence-electron chi connectivity index (χ1n) is 6.76. The topological polar surface area (TPSA) is 42.4 Å². The van der Waals surface area contributed by atoms with E-state index in [0.717, 1.165) is 23.9 Å². The summed E-state index contributed by atoms with van der Waals surface area (Å²) in [6.07, 6.45) is 5.87. The summed E-state index contributed by atoms with van der Waals surface area (Å²) in [5, 5.41) is 0. The number of carbonyl (C=O) groups is 1. The molecule has 1 aromatic heterocycles. The highest BCUT2D eigenvalue weighted by atomic mass is 79.9. The fraction of sp³-hybridized carbons (Fsp3) is 0.571. The van der Waals surface area contributed by atoms with Crippen molar-refractivity contribution in [2.45, 2.75) is 31.8 Å². The number of rotatable bonds is 4. The number of aromatic nitrogens is 1. The first kappa shape index (κ1) is 12.9. The lowest BCUT2D eigenvalue weighted by Gasteiger charge is -2.16. The van der Waals surface area contributed by atoms with Gasteiger partial charge in [-0.05, 0) is 40.8 Å². The van der Waals surface area contributed by atoms with Gasteiger partial charge in [0.05, 0.1) is 6.54 Å². The van der Waals surface area contributed by atoms with Crippen LogP contribution in [0.3, 0.4) is 0 Å². The van der Waals surface area contributed by atoms with Gasteiger partial charge in [0.25, 0.3) is 0 Å². The van der Waals surface area contributed by atoms with Crippen molar-refractivity contribution >= 4 is 21.8 Å². The predicted molar refractivity (Wildman–Crippen MR) is 74.9 cm³/mol. The average molecular weight is 325 g/mol. The van der Waals surface area contributed by atoms with E-state index in [9.17, 15) is 4.79 Å². The third kappa shape index (κ3) is 3.47. The molecule has 5 heteroatoms. The summed E-state index contributed by atoms with van der Waals surface area (Å²) in [5.74, 6) is 1.57. The molecule has 1 atom stereocenters. The van der Waals surface area contributed by atoms with Crippen molar-refractivity contribution < 1.29 is 9.53 Å². The monoisotopic (exact) mass is 324 g/mol. The first-order chi connectivity index (χ1) is 9.20. The molecule has 1 unspecified atom stereocenters. The zero-order chi connectivity index (χ0) is 13.2. The normalized spacial score (nSPS) is 22.6. The van der Waals surface area contributed by atoms with Crippen LogP contribution in [0.1, 0.15) is 25.7 Å². The molecule has 0 radical (unpaired) electrons. The third-order valence-electron chi connectivity index (χ3n) is 3.65. The minimum absolute atomic E-state index is 0.0804. The Morgan fingerprint density at radius 3 is 2.95 bits per heavy atom. The molecule has 0 aromatic carbocycles. The number of hydrogen-bond donors (Lipinski definition) is 0. The Morgan fingerprint density at radius 1 is 1.42 bits per heavy atom. The van der Waals surface area contributed by atoms with Gasteiger partial charge in [-0.15, -0.1) is 0 Å². The zero-order valence-corrected chi connectivity index (χ0v) is 12.3. The second-order valence-electron chi connectivity index (χ2n) is 5.33. The third-order valence-corrected chi connectivity index (χ3v) is 4.11. The second-order valence-corrected chi connectivity index (χ2v) is 6.25. The SMILES string of the molecule is O=C(CC1CC1)N1CCC(Oc2ccc(Br)cn2)C1. The van der Waals surface area contributed by atoms with Gasteiger partial charge in [0, 0.05) is 36.1 Å². The van der Waals surface area contributed by atoms with E-state index in [4.69, 9.17) is 4.74 Å². The van der Waals surface area contributed by atoms with Crippen molar-refractivity contribution in [3.05, 3.63) is 22.8 Å². The van der Waals surface area contributed by atoms with Crippen molar-refractivity contribution in [2.75, 3.05) is 13.1 Å². The van der Waals surface area contributed by atoms with Gasteiger partial charge in [-0.3, -0.25) is 4.79 Å². The molecular formula is C14H17BrN2O2. The van der Waals surface area contributed by atoms with Crippen LogP contribution in [0.4, 0.5) is 0 Å². The molecule has 19 heavy (non-hydrogen) atoms. The molecule has 1 amide bonds. The molecule has 0 bridgehead atoms. The maximum absolute atomic E-state index is 12.0. The highest BCUT2D eigenvalue weighted by Crippen LogP contribution is 2.33. The van der Waals surface area contributed by atoms with E-state index in [1.807, 2.05) is 17.0 Å². The van der Waals surface area contributed by atoms with Crippen LogP contribution in [-0.4, -0.2) is 35.0 Å². The molecule has 2 aliphatic rings. The molecule has 1 saturated heterocycles. The van der Waals surface area contributed by atoms with Crippen LogP contribution >= 0.6 is 15.9 Å². The molecule has 2 fully saturated rings. The van der Waals surface area contributed by atoms with Crippen molar-refractivity contribution in [3.8, 4) is 5.88 Å². The van der Waals surface area contributed by atoms with Crippen LogP contribution in [0.5, 0.6) is 5.88 Å². The van der Waals surface area contributed by atoms with Gasteiger partial charge in [0.15, 0.2) is 0 Å². The van der Waals surface area contributed by atoms with Gasteiger partial charge in [0.1, 0.15) is 6.10 Å². The quantitative estimate of drug-likeness (QED) is 0.855. The minimum atomic E-state index is 0.0804. The number of pyridine rings is 1. The van der Waals surface area contributed by atoms with Gasteiger partial charge >= 0.3 is 0 Å². The molecule has 0 N–H and O–H groups in total. The lowest BCUT2D eigenvalue weighted by Crippen LogP contribution is -2.31. The summed E-state index contributed by atoms with van der Waals surface area (Å²) >= 11 is 3.34. The standard InChI is InChI=1S/C14H17BrN2O2/c15-11-3-4-13(16-8-11)19-12-5-6-17(9-12)14(18)7-10-1-2-10/h3-4,8,10,12H,1-2,5-7,9H2. The summed E-state index contributed by atoms with van der Waals surface area (Å²) in [6, 6.07) is 3.76. The van der Waals surface area contributed by atoms with Crippen LogP contribution in [0.25, 0.3) is 0 Å². The molecular weight excluding hydrogens is 308 g/mol. The number of ether oxygens (including phenoxy) is 1. The molecule has 1 saturated carbocycles. The minimum Gasteiger partial charge on any atom is -0.472 e. The van der Waals surface area contributed by atoms with Crippen molar-refractivity contribution in [2.24, 2.45) is 5.92 Å². The van der Waals surface area contributed by atoms with Gasteiger partial charge in [-0.2, -0.15) is 0 Å². The Bertz CT molecular complexity index is 459. The van der Waals surface area contributed by atoms with Gasteiger partial charge in [0.2, 0.25) is 11.8 Å². The highest BCUT2D eigenvalue weighted by molar-refractivity contribution is 9.10. The number of halogens is 1. The fourth-order valence-corrected chi connectivity index (χ4v) is 2.59. The van der Waals surface area contributed by atoms with Crippen molar-refractivity contribution in [1.82, 2.24) is 9.88 Å². The molecule has 4 nitrogen and oxygen atoms in total. The van der Waals surface area contributed by atoms with Gasteiger partial charge < -0.3 is 9.64 Å². The molecule has 102 valence electrons. The van der Waals surface area contributed by atoms with Crippen molar-refractivity contribution in [1.29, 1.82) is 0 Å². The van der Waals surface area contributed by atoms with E-state index < -0.39 is 0 Å². The largest absolute Gasteiger partial charge is 0.472 e. The lowest BCUT2D eigenvalue weighted by atomic mass is 10.2. The maximum Gasteiger partial charge on any atom is 0.222 e. The highest BCUT2D eigenvalue weighted by Gasteiger charge is 2.31. The van der Waals surface area contributed by atoms with E-state index >= 15 is 0 Å². The summed E-state index contributed by atoms with van der Waals surface area (Å²) in [4.78, 5) is 18.1. The van der Waals surface area contributed by atoms with Gasteiger partial charge in [-0.1, -0.05) is 0 Å². The Hall–Kier alpha value is -1.10. The van der Waals surface area contributed by atoms with Gasteiger partial charge in [-0.25, -0.2) is 4.98 Å². The number of amides is 1. The Morgan fingerprint density at radius 2 is 2.26 bits per heavy atom. The zero-order valence-electron chi connectivity index (χ0n) is 10.7. The van der Waals surface area contributed by atoms with E-state index in [1.165, 1.54) is 12.8 Å². The maximum atomic E-state index is 12.0. The van der Waals surface area contributed by atoms with Crippen LogP contribution < -0.4 is 4.74 Å². The number of hydrogen-bond acceptors (Lipinski definition) is 3. The Labute approximate surface area is 121 Å². The molecule has 1 aliphatic heterocycles.